The second kappa shape index (κ2) is 11.4. The molecule has 0 aliphatic heterocycles. The summed E-state index contributed by atoms with van der Waals surface area (Å²) in [7, 11) is 0. The number of benzene rings is 4. The number of fused-ring (bicyclic) bond motifs is 2. The van der Waals surface area contributed by atoms with Gasteiger partial charge in [0.15, 0.2) is 0 Å². The molecule has 0 bridgehead atoms. The Kier molecular flexibility index (Phi) is 8.09. The lowest BCUT2D eigenvalue weighted by Crippen LogP contribution is -2.08. The van der Waals surface area contributed by atoms with Crippen LogP contribution >= 0.6 is 23.5 Å². The van der Waals surface area contributed by atoms with E-state index in [0.29, 0.717) is 13.2 Å². The maximum atomic E-state index is 5.70. The van der Waals surface area contributed by atoms with Crippen LogP contribution in [0.15, 0.2) is 94.7 Å². The van der Waals surface area contributed by atoms with E-state index in [1.807, 2.05) is 23.5 Å². The van der Waals surface area contributed by atoms with Gasteiger partial charge in [0.05, 0.1) is 26.4 Å². The Balaban J connectivity index is 1.05. The van der Waals surface area contributed by atoms with Gasteiger partial charge in [0, 0.05) is 21.3 Å². The normalized spacial score (nSPS) is 11.3. The lowest BCUT2D eigenvalue weighted by Gasteiger charge is -2.07. The molecule has 0 saturated heterocycles. The maximum Gasteiger partial charge on any atom is 0.0700 e. The molecule has 0 aliphatic rings. The van der Waals surface area contributed by atoms with E-state index in [-0.39, 0.29) is 0 Å². The summed E-state index contributed by atoms with van der Waals surface area (Å²) in [6, 6.07) is 30.2. The molecule has 4 aromatic rings. The Morgan fingerprint density at radius 3 is 1.37 bits per heavy atom. The Bertz CT molecular complexity index is 993. The minimum absolute atomic E-state index is 0.652. The molecular weight excluding hydrogens is 408 g/mol. The molecule has 0 fully saturated rings. The van der Waals surface area contributed by atoms with E-state index in [0.717, 1.165) is 24.7 Å². The zero-order valence-electron chi connectivity index (χ0n) is 17.0. The van der Waals surface area contributed by atoms with Crippen molar-refractivity contribution < 1.29 is 9.47 Å². The van der Waals surface area contributed by atoms with Crippen LogP contribution in [-0.4, -0.2) is 37.9 Å². The largest absolute Gasteiger partial charge is 0.378 e. The van der Waals surface area contributed by atoms with Gasteiger partial charge in [-0.1, -0.05) is 60.7 Å². The molecule has 4 aromatic carbocycles. The molecule has 0 heterocycles. The molecular formula is C26H26O2S2. The van der Waals surface area contributed by atoms with Gasteiger partial charge in [-0.3, -0.25) is 0 Å². The van der Waals surface area contributed by atoms with Crippen molar-refractivity contribution in [3.63, 3.8) is 0 Å². The number of rotatable bonds is 11. The Hall–Kier alpha value is -1.98. The zero-order chi connectivity index (χ0) is 20.4. The Morgan fingerprint density at radius 2 is 0.900 bits per heavy atom. The molecule has 0 N–H and O–H groups in total. The van der Waals surface area contributed by atoms with Crippen LogP contribution in [-0.2, 0) is 9.47 Å². The lowest BCUT2D eigenvalue weighted by atomic mass is 10.1. The topological polar surface area (TPSA) is 18.5 Å². The molecule has 0 atom stereocenters. The van der Waals surface area contributed by atoms with Crippen molar-refractivity contribution >= 4 is 45.1 Å². The molecule has 0 amide bonds. The predicted molar refractivity (Wildman–Crippen MR) is 131 cm³/mol. The van der Waals surface area contributed by atoms with Gasteiger partial charge in [0.1, 0.15) is 0 Å². The highest BCUT2D eigenvalue weighted by Crippen LogP contribution is 2.24. The standard InChI is InChI=1S/C26H26O2S2/c1-3-7-23-19-25(11-9-21(23)5-1)29-17-15-27-13-14-28-16-18-30-26-12-10-22-6-2-4-8-24(22)20-26/h1-12,19-20H,13-18H2. The number of thioether (sulfide) groups is 2. The summed E-state index contributed by atoms with van der Waals surface area (Å²) in [5, 5.41) is 5.15. The molecule has 2 nitrogen and oxygen atoms in total. The van der Waals surface area contributed by atoms with Gasteiger partial charge in [-0.2, -0.15) is 0 Å². The van der Waals surface area contributed by atoms with Gasteiger partial charge in [0.25, 0.3) is 0 Å². The molecule has 154 valence electrons. The van der Waals surface area contributed by atoms with Crippen molar-refractivity contribution in [2.24, 2.45) is 0 Å². The highest BCUT2D eigenvalue weighted by molar-refractivity contribution is 7.99. The minimum Gasteiger partial charge on any atom is -0.378 e. The van der Waals surface area contributed by atoms with Crippen LogP contribution < -0.4 is 0 Å². The summed E-state index contributed by atoms with van der Waals surface area (Å²) in [5.74, 6) is 1.91. The van der Waals surface area contributed by atoms with Crippen LogP contribution in [0.3, 0.4) is 0 Å². The summed E-state index contributed by atoms with van der Waals surface area (Å²) in [6.45, 7) is 2.79. The highest BCUT2D eigenvalue weighted by Gasteiger charge is 1.99. The van der Waals surface area contributed by atoms with Crippen LogP contribution in [0.5, 0.6) is 0 Å². The third-order valence-corrected chi connectivity index (χ3v) is 6.72. The average Bonchev–Trinajstić information content (AvgIpc) is 2.80. The van der Waals surface area contributed by atoms with Gasteiger partial charge in [-0.05, 0) is 45.8 Å². The van der Waals surface area contributed by atoms with E-state index in [1.54, 1.807) is 0 Å². The van der Waals surface area contributed by atoms with Gasteiger partial charge in [-0.25, -0.2) is 0 Å². The van der Waals surface area contributed by atoms with Gasteiger partial charge in [-0.15, -0.1) is 23.5 Å². The second-order valence-corrected chi connectivity index (χ2v) is 9.28. The molecule has 0 radical (unpaired) electrons. The SMILES string of the molecule is c1ccc2cc(SCCOCCOCCSc3ccc4ccccc4c3)ccc2c1. The Labute approximate surface area is 187 Å². The number of ether oxygens (including phenoxy) is 2. The fraction of sp³-hybridized carbons (Fsp3) is 0.231. The third-order valence-electron chi connectivity index (χ3n) is 4.81. The minimum atomic E-state index is 0.652. The van der Waals surface area contributed by atoms with Crippen LogP contribution in [0.2, 0.25) is 0 Å². The summed E-state index contributed by atoms with van der Waals surface area (Å²) in [5.41, 5.74) is 0. The summed E-state index contributed by atoms with van der Waals surface area (Å²) in [6.07, 6.45) is 0. The highest BCUT2D eigenvalue weighted by atomic mass is 32.2. The van der Waals surface area contributed by atoms with Crippen molar-refractivity contribution in [3.05, 3.63) is 84.9 Å². The van der Waals surface area contributed by atoms with Crippen molar-refractivity contribution in [1.29, 1.82) is 0 Å². The second-order valence-electron chi connectivity index (χ2n) is 6.94. The first kappa shape index (κ1) is 21.3. The number of hydrogen-bond donors (Lipinski definition) is 0. The van der Waals surface area contributed by atoms with E-state index < -0.39 is 0 Å². The first-order valence-electron chi connectivity index (χ1n) is 10.3. The first-order chi connectivity index (χ1) is 14.9. The zero-order valence-corrected chi connectivity index (χ0v) is 18.6. The van der Waals surface area contributed by atoms with E-state index >= 15 is 0 Å². The van der Waals surface area contributed by atoms with Crippen LogP contribution in [0, 0.1) is 0 Å². The average molecular weight is 435 g/mol. The summed E-state index contributed by atoms with van der Waals surface area (Å²) in [4.78, 5) is 2.58. The van der Waals surface area contributed by atoms with Crippen LogP contribution in [0.25, 0.3) is 21.5 Å². The molecule has 0 aromatic heterocycles. The van der Waals surface area contributed by atoms with E-state index in [9.17, 15) is 0 Å². The molecule has 4 heteroatoms. The molecule has 0 spiro atoms. The van der Waals surface area contributed by atoms with Crippen molar-refractivity contribution in [1.82, 2.24) is 0 Å². The monoisotopic (exact) mass is 434 g/mol. The van der Waals surface area contributed by atoms with Crippen molar-refractivity contribution in [2.45, 2.75) is 9.79 Å². The van der Waals surface area contributed by atoms with E-state index in [4.69, 9.17) is 9.47 Å². The molecule has 30 heavy (non-hydrogen) atoms. The maximum absolute atomic E-state index is 5.70. The molecule has 0 unspecified atom stereocenters. The summed E-state index contributed by atoms with van der Waals surface area (Å²) < 4.78 is 11.4. The number of hydrogen-bond acceptors (Lipinski definition) is 4. The molecule has 4 rings (SSSR count). The fourth-order valence-corrected chi connectivity index (χ4v) is 4.90. The van der Waals surface area contributed by atoms with E-state index in [1.165, 1.54) is 31.3 Å². The van der Waals surface area contributed by atoms with E-state index in [2.05, 4.69) is 84.9 Å². The smallest absolute Gasteiger partial charge is 0.0700 e. The quantitative estimate of drug-likeness (QED) is 0.188. The molecule has 0 aliphatic carbocycles. The Morgan fingerprint density at radius 1 is 0.467 bits per heavy atom. The van der Waals surface area contributed by atoms with Crippen LogP contribution in [0.4, 0.5) is 0 Å². The third kappa shape index (κ3) is 6.26. The molecule has 0 saturated carbocycles. The summed E-state index contributed by atoms with van der Waals surface area (Å²) >= 11 is 3.67. The fourth-order valence-electron chi connectivity index (χ4n) is 3.27. The van der Waals surface area contributed by atoms with Crippen molar-refractivity contribution in [3.8, 4) is 0 Å². The van der Waals surface area contributed by atoms with Gasteiger partial charge < -0.3 is 9.47 Å². The van der Waals surface area contributed by atoms with Crippen LogP contribution in [0.1, 0.15) is 0 Å². The first-order valence-corrected chi connectivity index (χ1v) is 12.2. The predicted octanol–water partition coefficient (Wildman–Crippen LogP) is 6.91. The van der Waals surface area contributed by atoms with Crippen molar-refractivity contribution in [2.75, 3.05) is 37.9 Å². The van der Waals surface area contributed by atoms with Gasteiger partial charge >= 0.3 is 0 Å². The van der Waals surface area contributed by atoms with Gasteiger partial charge in [0.2, 0.25) is 0 Å². The lowest BCUT2D eigenvalue weighted by molar-refractivity contribution is 0.0605.